The van der Waals surface area contributed by atoms with E-state index in [-0.39, 0.29) is 39.8 Å². The van der Waals surface area contributed by atoms with Gasteiger partial charge in [0, 0.05) is 11.9 Å². The van der Waals surface area contributed by atoms with Crippen molar-refractivity contribution < 1.29 is 18.0 Å². The van der Waals surface area contributed by atoms with Crippen LogP contribution < -0.4 is 5.32 Å². The van der Waals surface area contributed by atoms with E-state index in [1.54, 1.807) is 0 Å². The van der Waals surface area contributed by atoms with Crippen LogP contribution in [0, 0.1) is 13.8 Å². The molecule has 27 heavy (non-hydrogen) atoms. The third-order valence-corrected chi connectivity index (χ3v) is 4.16. The van der Waals surface area contributed by atoms with E-state index >= 15 is 0 Å². The lowest BCUT2D eigenvalue weighted by Gasteiger charge is -2.10. The van der Waals surface area contributed by atoms with Gasteiger partial charge in [-0.1, -0.05) is 23.2 Å². The fourth-order valence-corrected chi connectivity index (χ4v) is 3.05. The van der Waals surface area contributed by atoms with Gasteiger partial charge in [0.15, 0.2) is 11.5 Å². The summed E-state index contributed by atoms with van der Waals surface area (Å²) in [6, 6.07) is 2.36. The van der Waals surface area contributed by atoms with Gasteiger partial charge in [0.1, 0.15) is 6.54 Å². The molecular formula is C16H12Cl2F3N5O. The summed E-state index contributed by atoms with van der Waals surface area (Å²) in [6.07, 6.45) is -3.26. The molecule has 3 rings (SSSR count). The zero-order chi connectivity index (χ0) is 19.9. The summed E-state index contributed by atoms with van der Waals surface area (Å²) in [4.78, 5) is 20.3. The summed E-state index contributed by atoms with van der Waals surface area (Å²) in [6.45, 7) is 2.51. The van der Waals surface area contributed by atoms with E-state index in [1.807, 2.05) is 0 Å². The molecule has 0 spiro atoms. The number of hydrogen-bond acceptors (Lipinski definition) is 4. The Hall–Kier alpha value is -2.39. The van der Waals surface area contributed by atoms with E-state index in [0.717, 1.165) is 10.7 Å². The Morgan fingerprint density at radius 3 is 2.59 bits per heavy atom. The van der Waals surface area contributed by atoms with Crippen LogP contribution in [-0.4, -0.2) is 25.7 Å². The first-order valence-electron chi connectivity index (χ1n) is 7.59. The monoisotopic (exact) mass is 417 g/mol. The Balaban J connectivity index is 1.96. The lowest BCUT2D eigenvalue weighted by Crippen LogP contribution is -2.20. The smallest absolute Gasteiger partial charge is 0.308 e. The molecule has 0 saturated heterocycles. The second-order valence-corrected chi connectivity index (χ2v) is 6.63. The molecule has 0 aliphatic rings. The molecule has 0 aliphatic carbocycles. The zero-order valence-corrected chi connectivity index (χ0v) is 15.5. The molecular weight excluding hydrogens is 406 g/mol. The lowest BCUT2D eigenvalue weighted by molar-refractivity contribution is -0.136. The van der Waals surface area contributed by atoms with E-state index in [9.17, 15) is 18.0 Å². The highest BCUT2D eigenvalue weighted by Gasteiger charge is 2.35. The molecule has 0 fully saturated rings. The fraction of sp³-hybridized carbons (Fsp3) is 0.250. The van der Waals surface area contributed by atoms with Crippen molar-refractivity contribution in [1.29, 1.82) is 0 Å². The number of nitrogens with zero attached hydrogens (tertiary/aromatic N) is 4. The summed E-state index contributed by atoms with van der Waals surface area (Å²) < 4.78 is 41.1. The van der Waals surface area contributed by atoms with Crippen LogP contribution in [0.1, 0.15) is 17.0 Å². The highest BCUT2D eigenvalue weighted by atomic mass is 35.5. The second kappa shape index (κ2) is 6.97. The lowest BCUT2D eigenvalue weighted by atomic mass is 10.1. The van der Waals surface area contributed by atoms with Gasteiger partial charge in [0.2, 0.25) is 5.91 Å². The predicted octanol–water partition coefficient (Wildman–Crippen LogP) is 4.41. The van der Waals surface area contributed by atoms with Crippen LogP contribution in [0.15, 0.2) is 18.3 Å². The van der Waals surface area contributed by atoms with Gasteiger partial charge in [0.25, 0.3) is 0 Å². The first-order valence-corrected chi connectivity index (χ1v) is 8.34. The Labute approximate surface area is 161 Å². The van der Waals surface area contributed by atoms with Crippen LogP contribution >= 0.6 is 23.2 Å². The number of aryl methyl sites for hydroxylation is 2. The van der Waals surface area contributed by atoms with E-state index in [4.69, 9.17) is 23.2 Å². The quantitative estimate of drug-likeness (QED) is 0.684. The summed E-state index contributed by atoms with van der Waals surface area (Å²) in [7, 11) is 0. The number of alkyl halides is 3. The molecule has 142 valence electrons. The number of carbonyl (C=O) groups is 1. The van der Waals surface area contributed by atoms with Crippen molar-refractivity contribution in [3.8, 4) is 0 Å². The van der Waals surface area contributed by atoms with Gasteiger partial charge in [0.05, 0.1) is 26.7 Å². The minimum atomic E-state index is -4.56. The number of hydrogen-bond donors (Lipinski definition) is 1. The molecule has 0 bridgehead atoms. The van der Waals surface area contributed by atoms with Crippen molar-refractivity contribution in [1.82, 2.24) is 19.7 Å². The first-order chi connectivity index (χ1) is 12.6. The van der Waals surface area contributed by atoms with Crippen molar-refractivity contribution in [3.05, 3.63) is 45.3 Å². The molecule has 0 atom stereocenters. The van der Waals surface area contributed by atoms with Crippen LogP contribution in [0.3, 0.4) is 0 Å². The third-order valence-electron chi connectivity index (χ3n) is 3.67. The van der Waals surface area contributed by atoms with Crippen LogP contribution in [0.25, 0.3) is 11.0 Å². The van der Waals surface area contributed by atoms with Gasteiger partial charge in [-0.25, -0.2) is 14.6 Å². The molecule has 1 N–H and O–H groups in total. The molecule has 1 amide bonds. The van der Waals surface area contributed by atoms with Gasteiger partial charge in [-0.2, -0.15) is 18.3 Å². The second-order valence-electron chi connectivity index (χ2n) is 5.78. The number of amides is 1. The van der Waals surface area contributed by atoms with E-state index in [1.165, 1.54) is 26.1 Å². The van der Waals surface area contributed by atoms with E-state index in [0.29, 0.717) is 5.02 Å². The molecule has 0 saturated carbocycles. The molecule has 11 heteroatoms. The Kier molecular flexibility index (Phi) is 5.00. The van der Waals surface area contributed by atoms with Crippen molar-refractivity contribution in [2.75, 3.05) is 5.32 Å². The van der Waals surface area contributed by atoms with Crippen LogP contribution in [0.5, 0.6) is 0 Å². The first kappa shape index (κ1) is 19.4. The SMILES string of the molecule is Cc1cc(C(F)(F)F)c2c(C)nn(CC(=O)Nc3ncc(Cl)cc3Cl)c2n1. The van der Waals surface area contributed by atoms with Gasteiger partial charge in [-0.05, 0) is 26.0 Å². The number of carbonyl (C=O) groups excluding carboxylic acids is 1. The number of anilines is 1. The van der Waals surface area contributed by atoms with E-state index < -0.39 is 17.6 Å². The molecule has 6 nitrogen and oxygen atoms in total. The number of fused-ring (bicyclic) bond motifs is 1. The van der Waals surface area contributed by atoms with Crippen molar-refractivity contribution in [3.63, 3.8) is 0 Å². The highest BCUT2D eigenvalue weighted by Crippen LogP contribution is 2.36. The maximum absolute atomic E-state index is 13.3. The normalized spacial score (nSPS) is 11.8. The van der Waals surface area contributed by atoms with Gasteiger partial charge < -0.3 is 5.32 Å². The average molecular weight is 418 g/mol. The molecule has 0 unspecified atom stereocenters. The van der Waals surface area contributed by atoms with Crippen LogP contribution in [0.2, 0.25) is 10.0 Å². The molecule has 0 radical (unpaired) electrons. The van der Waals surface area contributed by atoms with Gasteiger partial charge >= 0.3 is 6.18 Å². The van der Waals surface area contributed by atoms with Gasteiger partial charge in [-0.15, -0.1) is 0 Å². The van der Waals surface area contributed by atoms with Crippen molar-refractivity contribution >= 4 is 46.0 Å². The summed E-state index contributed by atoms with van der Waals surface area (Å²) >= 11 is 11.7. The molecule has 0 aromatic carbocycles. The zero-order valence-electron chi connectivity index (χ0n) is 14.0. The minimum Gasteiger partial charge on any atom is -0.308 e. The maximum atomic E-state index is 13.3. The Bertz CT molecular complexity index is 1050. The van der Waals surface area contributed by atoms with Gasteiger partial charge in [-0.3, -0.25) is 4.79 Å². The maximum Gasteiger partial charge on any atom is 0.417 e. The van der Waals surface area contributed by atoms with Crippen LogP contribution in [0.4, 0.5) is 19.0 Å². The number of nitrogens with one attached hydrogen (secondary N) is 1. The average Bonchev–Trinajstić information content (AvgIpc) is 2.84. The predicted molar refractivity (Wildman–Crippen MR) is 94.9 cm³/mol. The number of aromatic nitrogens is 4. The standard InChI is InChI=1S/C16H12Cl2F3N5O/c1-7-3-10(16(19,20)21)13-8(2)25-26(15(13)23-7)6-12(27)24-14-11(18)4-9(17)5-22-14/h3-5H,6H2,1-2H3,(H,22,24,27). The topological polar surface area (TPSA) is 72.7 Å². The summed E-state index contributed by atoms with van der Waals surface area (Å²) in [5.74, 6) is -0.493. The summed E-state index contributed by atoms with van der Waals surface area (Å²) in [5.41, 5.74) is -0.569. The molecule has 0 aliphatic heterocycles. The van der Waals surface area contributed by atoms with Crippen molar-refractivity contribution in [2.24, 2.45) is 0 Å². The van der Waals surface area contributed by atoms with E-state index in [2.05, 4.69) is 20.4 Å². The summed E-state index contributed by atoms with van der Waals surface area (Å²) in [5, 5.41) is 6.80. The van der Waals surface area contributed by atoms with Crippen LogP contribution in [-0.2, 0) is 17.5 Å². The fourth-order valence-electron chi connectivity index (χ4n) is 2.63. The number of rotatable bonds is 3. The number of pyridine rings is 2. The largest absolute Gasteiger partial charge is 0.417 e. The molecule has 3 heterocycles. The third kappa shape index (κ3) is 3.98. The van der Waals surface area contributed by atoms with Crippen molar-refractivity contribution in [2.45, 2.75) is 26.6 Å². The molecule has 3 aromatic heterocycles. The Morgan fingerprint density at radius 2 is 1.96 bits per heavy atom. The molecule has 3 aromatic rings. The minimum absolute atomic E-state index is 0.0230. The highest BCUT2D eigenvalue weighted by molar-refractivity contribution is 6.36. The number of halogens is 5. The Morgan fingerprint density at radius 1 is 1.26 bits per heavy atom.